The van der Waals surface area contributed by atoms with Gasteiger partial charge in [0.2, 0.25) is 0 Å². The maximum Gasteiger partial charge on any atom is 0.308 e. The largest absolute Gasteiger partial charge is 0.460 e. The van der Waals surface area contributed by atoms with Crippen molar-refractivity contribution in [3.05, 3.63) is 112 Å². The van der Waals surface area contributed by atoms with Crippen molar-refractivity contribution < 1.29 is 33.0 Å². The van der Waals surface area contributed by atoms with Gasteiger partial charge in [0.1, 0.15) is 11.4 Å². The van der Waals surface area contributed by atoms with E-state index >= 15 is 0 Å². The van der Waals surface area contributed by atoms with Crippen molar-refractivity contribution in [1.82, 2.24) is 4.98 Å². The second kappa shape index (κ2) is 14.3. The Morgan fingerprint density at radius 1 is 0.981 bits per heavy atom. The number of hydrogen-bond acceptors (Lipinski definition) is 7. The molecule has 4 aromatic rings. The molecule has 0 spiro atoms. The van der Waals surface area contributed by atoms with E-state index in [-0.39, 0.29) is 42.0 Å². The number of carbonyl (C=O) groups excluding carboxylic acids is 3. The molecule has 280 valence electrons. The molecular formula is C45H47FN2O6. The molecule has 8 nitrogen and oxygen atoms in total. The number of imide groups is 1. The summed E-state index contributed by atoms with van der Waals surface area (Å²) in [5, 5.41) is 0. The molecule has 0 unspecified atom stereocenters. The summed E-state index contributed by atoms with van der Waals surface area (Å²) in [5.74, 6) is -2.20. The lowest BCUT2D eigenvalue weighted by Gasteiger charge is -2.40. The monoisotopic (exact) mass is 730 g/mol. The number of benzene rings is 3. The second-order valence-electron chi connectivity index (χ2n) is 16.1. The van der Waals surface area contributed by atoms with E-state index in [1.165, 1.54) is 17.0 Å². The fourth-order valence-electron chi connectivity index (χ4n) is 7.88. The molecule has 3 heterocycles. The van der Waals surface area contributed by atoms with Crippen LogP contribution in [0, 0.1) is 5.82 Å². The van der Waals surface area contributed by atoms with Gasteiger partial charge in [0.25, 0.3) is 11.8 Å². The number of fused-ring (bicyclic) bond motifs is 4. The summed E-state index contributed by atoms with van der Waals surface area (Å²) in [5.41, 5.74) is 8.26. The van der Waals surface area contributed by atoms with Crippen LogP contribution in [0.5, 0.6) is 0 Å². The maximum atomic E-state index is 14.4. The average molecular weight is 731 g/mol. The number of hydrogen-bond donors (Lipinski definition) is 0. The van der Waals surface area contributed by atoms with Gasteiger partial charge >= 0.3 is 5.97 Å². The molecule has 54 heavy (non-hydrogen) atoms. The Balaban J connectivity index is 1.30. The first-order chi connectivity index (χ1) is 25.6. The van der Waals surface area contributed by atoms with E-state index < -0.39 is 17.5 Å². The number of amides is 2. The predicted molar refractivity (Wildman–Crippen MR) is 207 cm³/mol. The van der Waals surface area contributed by atoms with E-state index in [9.17, 15) is 18.8 Å². The minimum absolute atomic E-state index is 0.0189. The lowest BCUT2D eigenvalue weighted by atomic mass is 9.86. The van der Waals surface area contributed by atoms with Crippen LogP contribution in [0.4, 0.5) is 10.1 Å². The number of rotatable bonds is 7. The van der Waals surface area contributed by atoms with Gasteiger partial charge in [-0.25, -0.2) is 9.29 Å². The van der Waals surface area contributed by atoms with Gasteiger partial charge < -0.3 is 14.2 Å². The number of pyridine rings is 1. The molecule has 2 amide bonds. The zero-order valence-corrected chi connectivity index (χ0v) is 32.0. The standard InChI is InChI=1S/C45H47FN2O6/c1-26(2)40-37(22-20-31-24-32(53-45(6,7)52-31)25-38(49)54-44(3,4)5)39(27-15-17-29(46)18-16-27)36-14-10-11-28-23-30(19-21-33(28)41(36)47-40)48-42(50)34-12-8-9-13-35(34)43(48)51/h8-9,12-13,15-23,26,31-32H,10-11,14,24-25H2,1-7H3/t31-,32-/m1/s1. The summed E-state index contributed by atoms with van der Waals surface area (Å²) in [7, 11) is 0. The van der Waals surface area contributed by atoms with Gasteiger partial charge in [-0.2, -0.15) is 0 Å². The van der Waals surface area contributed by atoms with Gasteiger partial charge in [-0.15, -0.1) is 0 Å². The molecule has 3 aliphatic rings. The normalized spacial score (nSPS) is 19.5. The molecule has 0 saturated carbocycles. The number of nitrogens with zero attached hydrogens (tertiary/aromatic N) is 2. The lowest BCUT2D eigenvalue weighted by molar-refractivity contribution is -0.290. The minimum atomic E-state index is -0.928. The van der Waals surface area contributed by atoms with Crippen LogP contribution in [0.2, 0.25) is 0 Å². The van der Waals surface area contributed by atoms with Crippen LogP contribution in [0.25, 0.3) is 28.5 Å². The fraction of sp³-hybridized carbons (Fsp3) is 0.378. The van der Waals surface area contributed by atoms with Crippen molar-refractivity contribution in [2.75, 3.05) is 4.90 Å². The van der Waals surface area contributed by atoms with Crippen LogP contribution in [-0.2, 0) is 31.8 Å². The van der Waals surface area contributed by atoms with Gasteiger partial charge in [-0.3, -0.25) is 19.4 Å². The Kier molecular flexibility index (Phi) is 9.91. The number of aryl methyl sites for hydroxylation is 1. The number of halogens is 1. The lowest BCUT2D eigenvalue weighted by Crippen LogP contribution is -2.45. The zero-order valence-electron chi connectivity index (χ0n) is 32.0. The second-order valence-corrected chi connectivity index (χ2v) is 16.1. The van der Waals surface area contributed by atoms with Gasteiger partial charge in [0, 0.05) is 17.5 Å². The summed E-state index contributed by atoms with van der Waals surface area (Å²) in [6.45, 7) is 13.4. The van der Waals surface area contributed by atoms with Gasteiger partial charge in [-0.1, -0.05) is 56.3 Å². The third kappa shape index (κ3) is 7.52. The van der Waals surface area contributed by atoms with E-state index in [1.807, 2.05) is 71.0 Å². The molecule has 9 heteroatoms. The van der Waals surface area contributed by atoms with E-state index in [1.54, 1.807) is 24.3 Å². The van der Waals surface area contributed by atoms with Gasteiger partial charge in [-0.05, 0) is 118 Å². The molecule has 1 saturated heterocycles. The highest BCUT2D eigenvalue weighted by atomic mass is 19.1. The van der Waals surface area contributed by atoms with Crippen LogP contribution in [0.1, 0.15) is 117 Å². The van der Waals surface area contributed by atoms with Crippen molar-refractivity contribution in [2.45, 2.75) is 110 Å². The number of anilines is 1. The van der Waals surface area contributed by atoms with Crippen LogP contribution >= 0.6 is 0 Å². The number of aromatic nitrogens is 1. The molecule has 1 fully saturated rings. The van der Waals surface area contributed by atoms with Crippen LogP contribution in [0.3, 0.4) is 0 Å². The molecular weight excluding hydrogens is 684 g/mol. The van der Waals surface area contributed by atoms with Crippen molar-refractivity contribution in [3.63, 3.8) is 0 Å². The third-order valence-corrected chi connectivity index (χ3v) is 9.99. The molecule has 1 aliphatic carbocycles. The van der Waals surface area contributed by atoms with E-state index in [4.69, 9.17) is 19.2 Å². The molecule has 0 bridgehead atoms. The van der Waals surface area contributed by atoms with Crippen molar-refractivity contribution in [2.24, 2.45) is 0 Å². The van der Waals surface area contributed by atoms with E-state index in [0.29, 0.717) is 29.7 Å². The van der Waals surface area contributed by atoms with Gasteiger partial charge in [0.05, 0.1) is 46.8 Å². The van der Waals surface area contributed by atoms with Crippen LogP contribution in [-0.4, -0.2) is 46.4 Å². The van der Waals surface area contributed by atoms with Crippen molar-refractivity contribution >= 4 is 29.5 Å². The predicted octanol–water partition coefficient (Wildman–Crippen LogP) is 9.62. The van der Waals surface area contributed by atoms with Crippen LogP contribution < -0.4 is 4.90 Å². The Bertz CT molecular complexity index is 2130. The summed E-state index contributed by atoms with van der Waals surface area (Å²) >= 11 is 0. The zero-order chi connectivity index (χ0) is 38.5. The first-order valence-corrected chi connectivity index (χ1v) is 18.8. The first kappa shape index (κ1) is 37.3. The smallest absolute Gasteiger partial charge is 0.308 e. The summed E-state index contributed by atoms with van der Waals surface area (Å²) in [6.07, 6.45) is 6.14. The highest BCUT2D eigenvalue weighted by Gasteiger charge is 2.38. The molecule has 7 rings (SSSR count). The Morgan fingerprint density at radius 2 is 1.67 bits per heavy atom. The number of esters is 1. The molecule has 2 aliphatic heterocycles. The summed E-state index contributed by atoms with van der Waals surface area (Å²) in [4.78, 5) is 46.2. The Hall–Kier alpha value is -4.99. The van der Waals surface area contributed by atoms with E-state index in [0.717, 1.165) is 57.6 Å². The molecule has 2 atom stereocenters. The Morgan fingerprint density at radius 3 is 2.31 bits per heavy atom. The highest BCUT2D eigenvalue weighted by molar-refractivity contribution is 6.34. The quantitative estimate of drug-likeness (QED) is 0.138. The summed E-state index contributed by atoms with van der Waals surface area (Å²) in [6, 6.07) is 19.3. The maximum absolute atomic E-state index is 14.4. The number of carbonyl (C=O) groups is 3. The first-order valence-electron chi connectivity index (χ1n) is 18.8. The fourth-order valence-corrected chi connectivity index (χ4v) is 7.88. The SMILES string of the molecule is CC(C)c1nc2c(c(-c3ccc(F)cc3)c1C=C[C@@H]1C[C@H](CC(=O)OC(C)(C)C)OC(C)(C)O1)CCCc1cc(N3C(=O)c4ccccc4C3=O)ccc1-2. The molecule has 0 radical (unpaired) electrons. The van der Waals surface area contributed by atoms with Gasteiger partial charge in [0.15, 0.2) is 5.79 Å². The third-order valence-electron chi connectivity index (χ3n) is 9.99. The van der Waals surface area contributed by atoms with E-state index in [2.05, 4.69) is 19.9 Å². The average Bonchev–Trinajstić information content (AvgIpc) is 3.22. The topological polar surface area (TPSA) is 95.0 Å². The van der Waals surface area contributed by atoms with Crippen molar-refractivity contribution in [3.8, 4) is 22.4 Å². The molecule has 0 N–H and O–H groups in total. The Labute approximate surface area is 316 Å². The molecule has 1 aromatic heterocycles. The minimum Gasteiger partial charge on any atom is -0.460 e. The van der Waals surface area contributed by atoms with Crippen LogP contribution in [0.15, 0.2) is 72.8 Å². The van der Waals surface area contributed by atoms with Crippen molar-refractivity contribution in [1.29, 1.82) is 0 Å². The number of ether oxygens (including phenoxy) is 3. The summed E-state index contributed by atoms with van der Waals surface area (Å²) < 4.78 is 32.5. The molecule has 3 aromatic carbocycles. The highest BCUT2D eigenvalue weighted by Crippen LogP contribution is 2.43.